The molecule has 4 rings (SSSR count). The van der Waals surface area contributed by atoms with Gasteiger partial charge < -0.3 is 20.6 Å². The van der Waals surface area contributed by atoms with E-state index < -0.39 is 17.9 Å². The zero-order chi connectivity index (χ0) is 25.5. The van der Waals surface area contributed by atoms with Crippen LogP contribution in [0.15, 0.2) is 60.9 Å². The first-order chi connectivity index (χ1) is 17.4. The Morgan fingerprint density at radius 1 is 1.03 bits per heavy atom. The number of benzene rings is 1. The van der Waals surface area contributed by atoms with Gasteiger partial charge in [-0.05, 0) is 74.1 Å². The zero-order valence-electron chi connectivity index (χ0n) is 20.8. The molecular weight excluding hydrogens is 454 g/mol. The number of carbonyl (C=O) groups excluding carboxylic acids is 1. The summed E-state index contributed by atoms with van der Waals surface area (Å²) in [5, 5.41) is 15.8. The van der Waals surface area contributed by atoms with Crippen molar-refractivity contribution in [1.29, 1.82) is 0 Å². The Labute approximate surface area is 211 Å². The highest BCUT2D eigenvalue weighted by molar-refractivity contribution is 5.98. The molecule has 0 unspecified atom stereocenters. The van der Waals surface area contributed by atoms with Crippen LogP contribution in [0.2, 0.25) is 0 Å². The van der Waals surface area contributed by atoms with Crippen LogP contribution in [0.1, 0.15) is 40.0 Å². The van der Waals surface area contributed by atoms with E-state index in [1.807, 2.05) is 49.4 Å². The van der Waals surface area contributed by atoms with Gasteiger partial charge in [0.25, 0.3) is 5.91 Å². The monoisotopic (exact) mass is 487 g/mol. The Hall–Kier alpha value is -3.94. The van der Waals surface area contributed by atoms with Crippen LogP contribution < -0.4 is 15.5 Å². The SMILES string of the molecule is Cc1ccnc(C)c1C(=O)N[C@@H](Cc1ccc(N2CCC(CNc3ccccn3)CC2)cc1)C(=O)O. The summed E-state index contributed by atoms with van der Waals surface area (Å²) in [6.07, 6.45) is 5.84. The molecule has 3 heterocycles. The highest BCUT2D eigenvalue weighted by atomic mass is 16.4. The van der Waals surface area contributed by atoms with E-state index in [-0.39, 0.29) is 6.42 Å². The topological polar surface area (TPSA) is 107 Å². The number of aryl methyl sites for hydroxylation is 2. The number of carboxylic acid groups (broad SMARTS) is 1. The summed E-state index contributed by atoms with van der Waals surface area (Å²) in [6.45, 7) is 6.44. The van der Waals surface area contributed by atoms with Crippen LogP contribution in [0.5, 0.6) is 0 Å². The van der Waals surface area contributed by atoms with Crippen LogP contribution in [-0.4, -0.2) is 52.6 Å². The van der Waals surface area contributed by atoms with Gasteiger partial charge >= 0.3 is 5.97 Å². The van der Waals surface area contributed by atoms with Gasteiger partial charge in [-0.25, -0.2) is 9.78 Å². The molecule has 1 fully saturated rings. The van der Waals surface area contributed by atoms with Gasteiger partial charge in [0.05, 0.1) is 11.3 Å². The van der Waals surface area contributed by atoms with Crippen LogP contribution >= 0.6 is 0 Å². The van der Waals surface area contributed by atoms with Crippen molar-refractivity contribution >= 4 is 23.4 Å². The summed E-state index contributed by atoms with van der Waals surface area (Å²) in [5.41, 5.74) is 3.77. The minimum atomic E-state index is -1.06. The fraction of sp³-hybridized carbons (Fsp3) is 0.357. The van der Waals surface area contributed by atoms with Gasteiger partial charge in [0.15, 0.2) is 0 Å². The lowest BCUT2D eigenvalue weighted by atomic mass is 9.96. The van der Waals surface area contributed by atoms with Crippen LogP contribution in [0.25, 0.3) is 0 Å². The number of piperidine rings is 1. The van der Waals surface area contributed by atoms with Crippen molar-refractivity contribution < 1.29 is 14.7 Å². The number of aliphatic carboxylic acids is 1. The molecular formula is C28H33N5O3. The molecule has 3 N–H and O–H groups in total. The molecule has 1 amide bonds. The Morgan fingerprint density at radius 3 is 2.42 bits per heavy atom. The first-order valence-corrected chi connectivity index (χ1v) is 12.4. The Balaban J connectivity index is 1.30. The van der Waals surface area contributed by atoms with Gasteiger partial charge in [0.1, 0.15) is 11.9 Å². The molecule has 1 aromatic carbocycles. The molecule has 0 bridgehead atoms. The van der Waals surface area contributed by atoms with Crippen LogP contribution in [0.3, 0.4) is 0 Å². The minimum absolute atomic E-state index is 0.209. The maximum atomic E-state index is 12.8. The average molecular weight is 488 g/mol. The van der Waals surface area contributed by atoms with Gasteiger partial charge in [-0.3, -0.25) is 9.78 Å². The van der Waals surface area contributed by atoms with E-state index in [0.717, 1.165) is 55.1 Å². The maximum Gasteiger partial charge on any atom is 0.326 e. The third-order valence-electron chi connectivity index (χ3n) is 6.77. The standard InChI is InChI=1S/C28H33N5O3/c1-19-10-14-29-20(2)26(19)27(34)32-24(28(35)36)17-21-6-8-23(9-7-21)33-15-11-22(12-16-33)18-31-25-5-3-4-13-30-25/h3-10,13-14,22,24H,11-12,15-18H2,1-2H3,(H,30,31)(H,32,34)(H,35,36)/t24-/m0/s1. The Kier molecular flexibility index (Phi) is 8.15. The fourth-order valence-electron chi connectivity index (χ4n) is 4.66. The van der Waals surface area contributed by atoms with Crippen molar-refractivity contribution in [1.82, 2.24) is 15.3 Å². The Bertz CT molecular complexity index is 1160. The van der Waals surface area contributed by atoms with Crippen molar-refractivity contribution in [3.63, 3.8) is 0 Å². The summed E-state index contributed by atoms with van der Waals surface area (Å²) in [7, 11) is 0. The molecule has 1 aliphatic rings. The highest BCUT2D eigenvalue weighted by Gasteiger charge is 2.24. The second-order valence-electron chi connectivity index (χ2n) is 9.35. The third kappa shape index (κ3) is 6.38. The van der Waals surface area contributed by atoms with Gasteiger partial charge in [-0.15, -0.1) is 0 Å². The van der Waals surface area contributed by atoms with Crippen LogP contribution in [0.4, 0.5) is 11.5 Å². The van der Waals surface area contributed by atoms with Gasteiger partial charge in [0, 0.05) is 44.1 Å². The first kappa shape index (κ1) is 25.2. The van der Waals surface area contributed by atoms with E-state index in [9.17, 15) is 14.7 Å². The average Bonchev–Trinajstić information content (AvgIpc) is 2.88. The predicted octanol–water partition coefficient (Wildman–Crippen LogP) is 3.85. The molecule has 188 valence electrons. The lowest BCUT2D eigenvalue weighted by Gasteiger charge is -2.34. The first-order valence-electron chi connectivity index (χ1n) is 12.4. The quantitative estimate of drug-likeness (QED) is 0.421. The summed E-state index contributed by atoms with van der Waals surface area (Å²) < 4.78 is 0. The minimum Gasteiger partial charge on any atom is -0.480 e. The molecule has 2 aromatic heterocycles. The number of rotatable bonds is 9. The summed E-state index contributed by atoms with van der Waals surface area (Å²) >= 11 is 0. The van der Waals surface area contributed by atoms with Gasteiger partial charge in [0.2, 0.25) is 0 Å². The predicted molar refractivity (Wildman–Crippen MR) is 140 cm³/mol. The summed E-state index contributed by atoms with van der Waals surface area (Å²) in [4.78, 5) is 35.5. The number of nitrogens with zero attached hydrogens (tertiary/aromatic N) is 3. The maximum absolute atomic E-state index is 12.8. The van der Waals surface area contributed by atoms with E-state index in [1.165, 1.54) is 0 Å². The smallest absolute Gasteiger partial charge is 0.326 e. The zero-order valence-corrected chi connectivity index (χ0v) is 20.8. The van der Waals surface area contributed by atoms with Crippen molar-refractivity contribution in [2.45, 2.75) is 39.2 Å². The number of aromatic nitrogens is 2. The number of anilines is 2. The van der Waals surface area contributed by atoms with Gasteiger partial charge in [-0.1, -0.05) is 18.2 Å². The van der Waals surface area contributed by atoms with Crippen LogP contribution in [0, 0.1) is 19.8 Å². The normalized spacial score (nSPS) is 14.8. The van der Waals surface area contributed by atoms with E-state index >= 15 is 0 Å². The second-order valence-corrected chi connectivity index (χ2v) is 9.35. The van der Waals surface area contributed by atoms with E-state index in [2.05, 4.69) is 25.5 Å². The second kappa shape index (κ2) is 11.7. The molecule has 1 saturated heterocycles. The molecule has 8 heteroatoms. The molecule has 3 aromatic rings. The van der Waals surface area contributed by atoms with E-state index in [4.69, 9.17) is 0 Å². The Morgan fingerprint density at radius 2 is 1.78 bits per heavy atom. The highest BCUT2D eigenvalue weighted by Crippen LogP contribution is 2.24. The number of nitrogens with one attached hydrogen (secondary N) is 2. The molecule has 36 heavy (non-hydrogen) atoms. The number of pyridine rings is 2. The van der Waals surface area contributed by atoms with E-state index in [0.29, 0.717) is 17.2 Å². The molecule has 8 nitrogen and oxygen atoms in total. The lowest BCUT2D eigenvalue weighted by Crippen LogP contribution is -2.42. The van der Waals surface area contributed by atoms with Gasteiger partial charge in [-0.2, -0.15) is 0 Å². The molecule has 1 aliphatic heterocycles. The van der Waals surface area contributed by atoms with Crippen LogP contribution in [-0.2, 0) is 11.2 Å². The molecule has 0 aliphatic carbocycles. The number of carbonyl (C=O) groups is 2. The molecule has 0 saturated carbocycles. The van der Waals surface area contributed by atoms with E-state index in [1.54, 1.807) is 25.4 Å². The van der Waals surface area contributed by atoms with Crippen molar-refractivity contribution in [2.24, 2.45) is 5.92 Å². The van der Waals surface area contributed by atoms with Crippen molar-refractivity contribution in [2.75, 3.05) is 29.9 Å². The lowest BCUT2D eigenvalue weighted by molar-refractivity contribution is -0.139. The number of hydrogen-bond acceptors (Lipinski definition) is 6. The summed E-state index contributed by atoms with van der Waals surface area (Å²) in [6, 6.07) is 14.6. The number of amides is 1. The molecule has 0 spiro atoms. The van der Waals surface area contributed by atoms with Crippen molar-refractivity contribution in [3.8, 4) is 0 Å². The third-order valence-corrected chi connectivity index (χ3v) is 6.77. The number of carboxylic acids is 1. The van der Waals surface area contributed by atoms with Crippen molar-refractivity contribution in [3.05, 3.63) is 83.3 Å². The molecule has 0 radical (unpaired) electrons. The number of hydrogen-bond donors (Lipinski definition) is 3. The summed E-state index contributed by atoms with van der Waals surface area (Å²) in [5.74, 6) is 0.0437. The largest absolute Gasteiger partial charge is 0.480 e. The fourth-order valence-corrected chi connectivity index (χ4v) is 4.66. The molecule has 1 atom stereocenters.